The zero-order chi connectivity index (χ0) is 19.7. The molecule has 1 aromatic heterocycles. The van der Waals surface area contributed by atoms with Gasteiger partial charge in [-0.05, 0) is 17.7 Å². The number of nitrogens with two attached hydrogens (primary N) is 1. The molecule has 2 heterocycles. The van der Waals surface area contributed by atoms with Gasteiger partial charge in [0.05, 0.1) is 23.1 Å². The summed E-state index contributed by atoms with van der Waals surface area (Å²) < 4.78 is 7.67. The first-order valence-corrected chi connectivity index (χ1v) is 8.03. The van der Waals surface area contributed by atoms with Crippen LogP contribution in [0.15, 0.2) is 45.2 Å². The predicted octanol–water partition coefficient (Wildman–Crippen LogP) is 0.347. The van der Waals surface area contributed by atoms with E-state index in [0.29, 0.717) is 11.3 Å². The van der Waals surface area contributed by atoms with E-state index in [2.05, 4.69) is 17.3 Å². The van der Waals surface area contributed by atoms with E-state index in [1.807, 2.05) is 0 Å². The second-order valence-electron chi connectivity index (χ2n) is 6.03. The summed E-state index contributed by atoms with van der Waals surface area (Å²) in [6, 6.07) is 8.95. The molecule has 3 rings (SSSR count). The minimum Gasteiger partial charge on any atom is -0.481 e. The lowest BCUT2D eigenvalue weighted by Gasteiger charge is -2.28. The summed E-state index contributed by atoms with van der Waals surface area (Å²) in [5.74, 6) is 2.61. The van der Waals surface area contributed by atoms with Crippen LogP contribution in [0.4, 0.5) is 5.82 Å². The summed E-state index contributed by atoms with van der Waals surface area (Å²) in [6.45, 7) is 0.133. The lowest BCUT2D eigenvalue weighted by molar-refractivity contribution is 0.370. The number of nitrogens with zero attached hydrogens (tertiary/aromatic N) is 3. The summed E-state index contributed by atoms with van der Waals surface area (Å²) in [6.07, 6.45) is 5.18. The standard InChI is InChI=1S/C19H17N5O3/c1-4-9-27-12-7-5-11(6-8-12)14-13(10-20)16(21)22-17-15(14)18(25)24(3)19(26)23(17)2/h1,5-8,14,22H,9,21H2,2-3H3/t14-/m1/s1. The number of allylic oxidation sites excluding steroid dienone is 1. The zero-order valence-corrected chi connectivity index (χ0v) is 14.8. The van der Waals surface area contributed by atoms with Gasteiger partial charge in [-0.3, -0.25) is 13.9 Å². The van der Waals surface area contributed by atoms with Gasteiger partial charge in [-0.15, -0.1) is 6.42 Å². The molecule has 27 heavy (non-hydrogen) atoms. The minimum atomic E-state index is -0.710. The Morgan fingerprint density at radius 2 is 1.93 bits per heavy atom. The van der Waals surface area contributed by atoms with Crippen molar-refractivity contribution >= 4 is 5.82 Å². The molecule has 2 aromatic rings. The molecule has 0 fully saturated rings. The van der Waals surface area contributed by atoms with Crippen molar-refractivity contribution in [2.45, 2.75) is 5.92 Å². The van der Waals surface area contributed by atoms with E-state index < -0.39 is 17.2 Å². The average Bonchev–Trinajstić information content (AvgIpc) is 2.68. The normalized spacial score (nSPS) is 15.3. The molecule has 136 valence electrons. The van der Waals surface area contributed by atoms with Crippen LogP contribution in [0.1, 0.15) is 17.0 Å². The molecule has 0 unspecified atom stereocenters. The van der Waals surface area contributed by atoms with Crippen LogP contribution in [0.25, 0.3) is 0 Å². The van der Waals surface area contributed by atoms with E-state index in [4.69, 9.17) is 16.9 Å². The van der Waals surface area contributed by atoms with Crippen molar-refractivity contribution in [1.29, 1.82) is 5.26 Å². The van der Waals surface area contributed by atoms with E-state index >= 15 is 0 Å². The van der Waals surface area contributed by atoms with E-state index in [1.165, 1.54) is 18.7 Å². The highest BCUT2D eigenvalue weighted by atomic mass is 16.5. The van der Waals surface area contributed by atoms with Crippen LogP contribution in [0.5, 0.6) is 5.75 Å². The molecule has 1 atom stereocenters. The van der Waals surface area contributed by atoms with Crippen LogP contribution in [0.3, 0.4) is 0 Å². The third kappa shape index (κ3) is 2.83. The second kappa shape index (κ2) is 6.77. The van der Waals surface area contributed by atoms with Gasteiger partial charge >= 0.3 is 5.69 Å². The molecule has 0 radical (unpaired) electrons. The number of benzene rings is 1. The van der Waals surface area contributed by atoms with Gasteiger partial charge in [-0.1, -0.05) is 18.1 Å². The van der Waals surface area contributed by atoms with Crippen molar-refractivity contribution in [1.82, 2.24) is 9.13 Å². The Labute approximate surface area is 155 Å². The van der Waals surface area contributed by atoms with Crippen LogP contribution in [-0.2, 0) is 14.1 Å². The maximum absolute atomic E-state index is 12.8. The Hall–Kier alpha value is -3.91. The maximum atomic E-state index is 12.8. The van der Waals surface area contributed by atoms with Crippen LogP contribution in [0, 0.1) is 23.7 Å². The van der Waals surface area contributed by atoms with Gasteiger partial charge < -0.3 is 15.8 Å². The number of ether oxygens (including phenoxy) is 1. The van der Waals surface area contributed by atoms with Gasteiger partial charge in [0.2, 0.25) is 0 Å². The molecule has 1 aromatic carbocycles. The highest BCUT2D eigenvalue weighted by Gasteiger charge is 2.34. The number of terminal acetylenes is 1. The number of hydrogen-bond donors (Lipinski definition) is 2. The van der Waals surface area contributed by atoms with Gasteiger partial charge in [0.1, 0.15) is 24.0 Å². The third-order valence-corrected chi connectivity index (χ3v) is 4.48. The molecule has 1 aliphatic rings. The largest absolute Gasteiger partial charge is 0.481 e. The highest BCUT2D eigenvalue weighted by Crippen LogP contribution is 2.38. The number of nitriles is 1. The molecule has 0 saturated carbocycles. The highest BCUT2D eigenvalue weighted by molar-refractivity contribution is 5.64. The quantitative estimate of drug-likeness (QED) is 0.760. The van der Waals surface area contributed by atoms with Gasteiger partial charge in [0, 0.05) is 14.1 Å². The molecule has 0 bridgehead atoms. The van der Waals surface area contributed by atoms with Gasteiger partial charge in [0.15, 0.2) is 0 Å². The van der Waals surface area contributed by atoms with E-state index in [1.54, 1.807) is 24.3 Å². The molecule has 0 amide bonds. The first-order chi connectivity index (χ1) is 12.9. The molecular formula is C19H17N5O3. The summed E-state index contributed by atoms with van der Waals surface area (Å²) >= 11 is 0. The molecule has 3 N–H and O–H groups in total. The second-order valence-corrected chi connectivity index (χ2v) is 6.03. The Balaban J connectivity index is 2.24. The molecule has 1 aliphatic heterocycles. The number of fused-ring (bicyclic) bond motifs is 1. The molecule has 8 nitrogen and oxygen atoms in total. The van der Waals surface area contributed by atoms with E-state index in [0.717, 1.165) is 4.57 Å². The number of aromatic nitrogens is 2. The number of nitrogens with one attached hydrogen (secondary N) is 1. The van der Waals surface area contributed by atoms with Crippen LogP contribution in [0.2, 0.25) is 0 Å². The summed E-state index contributed by atoms with van der Waals surface area (Å²) in [5, 5.41) is 12.4. The van der Waals surface area contributed by atoms with Crippen molar-refractivity contribution in [3.63, 3.8) is 0 Å². The third-order valence-electron chi connectivity index (χ3n) is 4.48. The Morgan fingerprint density at radius 1 is 1.26 bits per heavy atom. The van der Waals surface area contributed by atoms with Crippen molar-refractivity contribution < 1.29 is 4.74 Å². The molecule has 0 spiro atoms. The van der Waals surface area contributed by atoms with Crippen LogP contribution >= 0.6 is 0 Å². The SMILES string of the molecule is C#CCOc1ccc([C@@H]2C(C#N)=C(N)Nc3c2c(=O)n(C)c(=O)n3C)cc1. The van der Waals surface area contributed by atoms with Gasteiger partial charge in [-0.25, -0.2) is 4.79 Å². The number of rotatable bonds is 3. The van der Waals surface area contributed by atoms with Crippen LogP contribution in [-0.4, -0.2) is 15.7 Å². The fourth-order valence-electron chi connectivity index (χ4n) is 3.12. The monoisotopic (exact) mass is 363 g/mol. The first-order valence-electron chi connectivity index (χ1n) is 8.03. The lowest BCUT2D eigenvalue weighted by Crippen LogP contribution is -2.43. The maximum Gasteiger partial charge on any atom is 0.332 e. The molecule has 8 heteroatoms. The smallest absolute Gasteiger partial charge is 0.332 e. The number of hydrogen-bond acceptors (Lipinski definition) is 6. The van der Waals surface area contributed by atoms with Crippen molar-refractivity contribution in [2.75, 3.05) is 11.9 Å². The van der Waals surface area contributed by atoms with Crippen molar-refractivity contribution in [3.8, 4) is 24.2 Å². The van der Waals surface area contributed by atoms with E-state index in [9.17, 15) is 14.9 Å². The predicted molar refractivity (Wildman–Crippen MR) is 100.0 cm³/mol. The van der Waals surface area contributed by atoms with Gasteiger partial charge in [0.25, 0.3) is 5.56 Å². The lowest BCUT2D eigenvalue weighted by atomic mass is 9.84. The molecular weight excluding hydrogens is 346 g/mol. The summed E-state index contributed by atoms with van der Waals surface area (Å²) in [5.41, 5.74) is 6.18. The Bertz CT molecular complexity index is 1140. The molecule has 0 saturated heterocycles. The average molecular weight is 363 g/mol. The van der Waals surface area contributed by atoms with Gasteiger partial charge in [-0.2, -0.15) is 5.26 Å². The Kier molecular flexibility index (Phi) is 4.49. The van der Waals surface area contributed by atoms with Crippen LogP contribution < -0.4 is 27.0 Å². The van der Waals surface area contributed by atoms with E-state index in [-0.39, 0.29) is 29.4 Å². The first kappa shape index (κ1) is 17.9. The summed E-state index contributed by atoms with van der Waals surface area (Å²) in [4.78, 5) is 25.1. The summed E-state index contributed by atoms with van der Waals surface area (Å²) in [7, 11) is 2.93. The topological polar surface area (TPSA) is 115 Å². The fraction of sp³-hybridized carbons (Fsp3) is 0.211. The fourth-order valence-corrected chi connectivity index (χ4v) is 3.12. The zero-order valence-electron chi connectivity index (χ0n) is 14.8. The van der Waals surface area contributed by atoms with Crippen molar-refractivity contribution in [3.05, 3.63) is 67.6 Å². The van der Waals surface area contributed by atoms with Crippen molar-refractivity contribution in [2.24, 2.45) is 19.8 Å². The minimum absolute atomic E-state index is 0.103. The molecule has 0 aliphatic carbocycles. The number of anilines is 1. The Morgan fingerprint density at radius 3 is 2.52 bits per heavy atom.